The monoisotopic (exact) mass is 485 g/mol. The van der Waals surface area contributed by atoms with Crippen molar-refractivity contribution in [1.29, 1.82) is 0 Å². The molecule has 2 rings (SSSR count). The van der Waals surface area contributed by atoms with Crippen molar-refractivity contribution in [3.63, 3.8) is 0 Å². The van der Waals surface area contributed by atoms with Gasteiger partial charge in [-0.15, -0.1) is 0 Å². The number of carbonyl (C=O) groups is 1. The molecule has 1 aromatic heterocycles. The highest BCUT2D eigenvalue weighted by Crippen LogP contribution is 2.24. The molecule has 4 N–H and O–H groups in total. The first-order chi connectivity index (χ1) is 16.8. The van der Waals surface area contributed by atoms with E-state index in [1.165, 1.54) is 0 Å². The summed E-state index contributed by atoms with van der Waals surface area (Å²) in [5.41, 5.74) is 9.79. The third-order valence-corrected chi connectivity index (χ3v) is 5.97. The van der Waals surface area contributed by atoms with Crippen molar-refractivity contribution >= 4 is 17.7 Å². The molecule has 35 heavy (non-hydrogen) atoms. The minimum atomic E-state index is -0.195. The number of nitrogens with zero attached hydrogens (tertiary/aromatic N) is 3. The molecule has 2 aromatic rings. The molecule has 194 valence electrons. The Morgan fingerprint density at radius 2 is 1.83 bits per heavy atom. The number of anilines is 2. The molecule has 0 amide bonds. The predicted octanol–water partition coefficient (Wildman–Crippen LogP) is 3.74. The summed E-state index contributed by atoms with van der Waals surface area (Å²) in [6.45, 7) is 5.68. The van der Waals surface area contributed by atoms with E-state index in [2.05, 4.69) is 27.1 Å². The molecular formula is C27H43N5O3. The normalized spacial score (nSPS) is 12.1. The fraction of sp³-hybridized carbons (Fsp3) is 0.593. The first-order valence-corrected chi connectivity index (χ1v) is 12.7. The SMILES string of the molecule is CCCC[C@@H](CCO)Nc1nc(N)nc(C)c1Cc1ccc(CC(=O)OCCCCN(C)C)cc1. The molecule has 0 aliphatic rings. The molecule has 0 bridgehead atoms. The van der Waals surface area contributed by atoms with Gasteiger partial charge in [0, 0.05) is 30.3 Å². The van der Waals surface area contributed by atoms with Crippen LogP contribution in [0.15, 0.2) is 24.3 Å². The third-order valence-electron chi connectivity index (χ3n) is 5.97. The van der Waals surface area contributed by atoms with Crippen LogP contribution in [0.2, 0.25) is 0 Å². The lowest BCUT2D eigenvalue weighted by molar-refractivity contribution is -0.142. The van der Waals surface area contributed by atoms with Gasteiger partial charge in [0.05, 0.1) is 13.0 Å². The van der Waals surface area contributed by atoms with Crippen LogP contribution >= 0.6 is 0 Å². The lowest BCUT2D eigenvalue weighted by Crippen LogP contribution is -2.23. The number of aliphatic hydroxyl groups excluding tert-OH is 1. The molecule has 8 heteroatoms. The molecule has 0 saturated carbocycles. The largest absolute Gasteiger partial charge is 0.465 e. The number of esters is 1. The highest BCUT2D eigenvalue weighted by Gasteiger charge is 2.16. The van der Waals surface area contributed by atoms with Gasteiger partial charge in [-0.3, -0.25) is 4.79 Å². The summed E-state index contributed by atoms with van der Waals surface area (Å²) in [6.07, 6.45) is 6.59. The van der Waals surface area contributed by atoms with Gasteiger partial charge in [-0.1, -0.05) is 44.0 Å². The van der Waals surface area contributed by atoms with Crippen LogP contribution in [0.5, 0.6) is 0 Å². The maximum Gasteiger partial charge on any atom is 0.310 e. The zero-order valence-electron chi connectivity index (χ0n) is 21.8. The van der Waals surface area contributed by atoms with Crippen LogP contribution in [-0.4, -0.2) is 65.8 Å². The Hall–Kier alpha value is -2.71. The van der Waals surface area contributed by atoms with Crippen LogP contribution in [-0.2, 0) is 22.4 Å². The van der Waals surface area contributed by atoms with Gasteiger partial charge in [0.2, 0.25) is 5.95 Å². The van der Waals surface area contributed by atoms with Crippen LogP contribution in [0.25, 0.3) is 0 Å². The number of benzene rings is 1. The van der Waals surface area contributed by atoms with Crippen LogP contribution in [0, 0.1) is 6.92 Å². The average molecular weight is 486 g/mol. The van der Waals surface area contributed by atoms with Gasteiger partial charge in [-0.05, 0) is 64.4 Å². The van der Waals surface area contributed by atoms with Gasteiger partial charge >= 0.3 is 5.97 Å². The Balaban J connectivity index is 2.00. The third kappa shape index (κ3) is 10.6. The summed E-state index contributed by atoms with van der Waals surface area (Å²) in [7, 11) is 4.08. The molecule has 0 aliphatic carbocycles. The molecule has 0 saturated heterocycles. The van der Waals surface area contributed by atoms with Crippen molar-refractivity contribution in [3.8, 4) is 0 Å². The number of ether oxygens (including phenoxy) is 1. The Morgan fingerprint density at radius 3 is 2.49 bits per heavy atom. The van der Waals surface area contributed by atoms with Crippen LogP contribution in [0.4, 0.5) is 11.8 Å². The maximum atomic E-state index is 12.2. The number of aryl methyl sites for hydroxylation is 1. The molecule has 1 aromatic carbocycles. The van der Waals surface area contributed by atoms with E-state index in [1.807, 2.05) is 45.3 Å². The average Bonchev–Trinajstić information content (AvgIpc) is 2.80. The van der Waals surface area contributed by atoms with Crippen LogP contribution in [0.1, 0.15) is 67.8 Å². The summed E-state index contributed by atoms with van der Waals surface area (Å²) in [4.78, 5) is 23.1. The van der Waals surface area contributed by atoms with Gasteiger partial charge in [-0.25, -0.2) is 4.98 Å². The second-order valence-electron chi connectivity index (χ2n) is 9.39. The van der Waals surface area contributed by atoms with Crippen molar-refractivity contribution in [2.24, 2.45) is 0 Å². The number of nitrogens with two attached hydrogens (primary N) is 1. The number of nitrogens with one attached hydrogen (secondary N) is 1. The zero-order chi connectivity index (χ0) is 25.6. The van der Waals surface area contributed by atoms with E-state index in [0.29, 0.717) is 19.4 Å². The molecule has 0 fully saturated rings. The number of aliphatic hydroxyl groups is 1. The zero-order valence-corrected chi connectivity index (χ0v) is 21.8. The number of nitrogen functional groups attached to an aromatic ring is 1. The van der Waals surface area contributed by atoms with E-state index >= 15 is 0 Å². The summed E-state index contributed by atoms with van der Waals surface area (Å²) in [6, 6.07) is 8.13. The number of hydrogen-bond acceptors (Lipinski definition) is 8. The smallest absolute Gasteiger partial charge is 0.310 e. The van der Waals surface area contributed by atoms with E-state index < -0.39 is 0 Å². The Bertz CT molecular complexity index is 902. The predicted molar refractivity (Wildman–Crippen MR) is 142 cm³/mol. The first-order valence-electron chi connectivity index (χ1n) is 12.7. The highest BCUT2D eigenvalue weighted by molar-refractivity contribution is 5.72. The molecule has 0 unspecified atom stereocenters. The van der Waals surface area contributed by atoms with E-state index in [-0.39, 0.29) is 31.0 Å². The van der Waals surface area contributed by atoms with Gasteiger partial charge < -0.3 is 25.8 Å². The quantitative estimate of drug-likeness (QED) is 0.243. The Morgan fingerprint density at radius 1 is 1.11 bits per heavy atom. The van der Waals surface area contributed by atoms with Crippen molar-refractivity contribution < 1.29 is 14.6 Å². The van der Waals surface area contributed by atoms with Gasteiger partial charge in [-0.2, -0.15) is 4.98 Å². The van der Waals surface area contributed by atoms with Gasteiger partial charge in [0.1, 0.15) is 5.82 Å². The standard InChI is InChI=1S/C27H43N5O3/c1-5-6-9-23(14-16-33)30-26-24(20(2)29-27(28)31-26)18-21-10-12-22(13-11-21)19-25(34)35-17-8-7-15-32(3)4/h10-13,23,33H,5-9,14-19H2,1-4H3,(H3,28,29,30,31)/t23-/m0/s1. The number of aromatic nitrogens is 2. The number of carbonyl (C=O) groups excluding carboxylic acids is 1. The Labute approximate surface area is 210 Å². The topological polar surface area (TPSA) is 114 Å². The summed E-state index contributed by atoms with van der Waals surface area (Å²) in [5, 5.41) is 13.0. The number of rotatable bonds is 16. The van der Waals surface area contributed by atoms with Crippen LogP contribution in [0.3, 0.4) is 0 Å². The number of unbranched alkanes of at least 4 members (excludes halogenated alkanes) is 2. The van der Waals surface area contributed by atoms with Crippen LogP contribution < -0.4 is 11.1 Å². The van der Waals surface area contributed by atoms with Crippen molar-refractivity contribution in [2.75, 3.05) is 44.9 Å². The molecule has 0 radical (unpaired) electrons. The lowest BCUT2D eigenvalue weighted by Gasteiger charge is -2.21. The minimum absolute atomic E-state index is 0.121. The molecule has 1 atom stereocenters. The minimum Gasteiger partial charge on any atom is -0.465 e. The molecule has 0 spiro atoms. The second kappa shape index (κ2) is 15.3. The fourth-order valence-corrected chi connectivity index (χ4v) is 3.95. The molecule has 1 heterocycles. The lowest BCUT2D eigenvalue weighted by atomic mass is 10.0. The molecule has 0 aliphatic heterocycles. The second-order valence-corrected chi connectivity index (χ2v) is 9.39. The van der Waals surface area contributed by atoms with Gasteiger partial charge in [0.15, 0.2) is 0 Å². The van der Waals surface area contributed by atoms with Crippen molar-refractivity contribution in [1.82, 2.24) is 14.9 Å². The molecular weight excluding hydrogens is 442 g/mol. The molecule has 8 nitrogen and oxygen atoms in total. The summed E-state index contributed by atoms with van der Waals surface area (Å²) in [5.74, 6) is 0.771. The first kappa shape index (κ1) is 28.5. The van der Waals surface area contributed by atoms with E-state index in [9.17, 15) is 9.90 Å². The van der Waals surface area contributed by atoms with E-state index in [0.717, 1.165) is 66.9 Å². The van der Waals surface area contributed by atoms with E-state index in [4.69, 9.17) is 10.5 Å². The summed E-state index contributed by atoms with van der Waals surface area (Å²) < 4.78 is 5.37. The fourth-order valence-electron chi connectivity index (χ4n) is 3.95. The maximum absolute atomic E-state index is 12.2. The van der Waals surface area contributed by atoms with Crippen molar-refractivity contribution in [3.05, 3.63) is 46.6 Å². The van der Waals surface area contributed by atoms with Gasteiger partial charge in [0.25, 0.3) is 0 Å². The summed E-state index contributed by atoms with van der Waals surface area (Å²) >= 11 is 0. The van der Waals surface area contributed by atoms with Crippen molar-refractivity contribution in [2.45, 2.75) is 71.3 Å². The highest BCUT2D eigenvalue weighted by atomic mass is 16.5. The number of hydrogen-bond donors (Lipinski definition) is 3. The van der Waals surface area contributed by atoms with E-state index in [1.54, 1.807) is 0 Å². The Kier molecular flexibility index (Phi) is 12.5.